The highest BCUT2D eigenvalue weighted by Gasteiger charge is 2.53. The summed E-state index contributed by atoms with van der Waals surface area (Å²) in [5.41, 5.74) is 0.813. The maximum absolute atomic E-state index is 9.27. The zero-order valence-electron chi connectivity index (χ0n) is 15.1. The van der Waals surface area contributed by atoms with Crippen molar-refractivity contribution >= 4 is 51.0 Å². The first-order valence-electron chi connectivity index (χ1n) is 9.34. The Hall–Kier alpha value is -1.53. The third-order valence-electron chi connectivity index (χ3n) is 5.89. The lowest BCUT2D eigenvalue weighted by Crippen LogP contribution is -2.27. The van der Waals surface area contributed by atoms with Crippen molar-refractivity contribution < 1.29 is 0 Å². The van der Waals surface area contributed by atoms with Gasteiger partial charge in [-0.25, -0.2) is 4.98 Å². The molecule has 0 atom stereocenters. The van der Waals surface area contributed by atoms with Gasteiger partial charge in [0, 0.05) is 16.6 Å². The fourth-order valence-electron chi connectivity index (χ4n) is 3.54. The Balaban J connectivity index is 1.37. The molecule has 2 heterocycles. The van der Waals surface area contributed by atoms with E-state index < -0.39 is 5.41 Å². The number of aromatic nitrogens is 2. The van der Waals surface area contributed by atoms with Gasteiger partial charge in [0.2, 0.25) is 0 Å². The average molecular weight is 431 g/mol. The highest BCUT2D eigenvalue weighted by molar-refractivity contribution is 8.26. The zero-order valence-corrected chi connectivity index (χ0v) is 17.5. The van der Waals surface area contributed by atoms with Crippen LogP contribution in [-0.4, -0.2) is 25.0 Å². The number of thioether (sulfide) groups is 1. The van der Waals surface area contributed by atoms with Gasteiger partial charge in [-0.1, -0.05) is 23.4 Å². The van der Waals surface area contributed by atoms with E-state index in [4.69, 9.17) is 22.4 Å². The first-order chi connectivity index (χ1) is 13.5. The van der Waals surface area contributed by atoms with Crippen LogP contribution in [0, 0.1) is 33.5 Å². The van der Waals surface area contributed by atoms with Crippen LogP contribution in [0.2, 0.25) is 5.02 Å². The van der Waals surface area contributed by atoms with Gasteiger partial charge in [0.25, 0.3) is 0 Å². The van der Waals surface area contributed by atoms with Crippen LogP contribution in [-0.2, 0) is 0 Å². The van der Waals surface area contributed by atoms with Gasteiger partial charge >= 0.3 is 0 Å². The fraction of sp³-hybridized carbons (Fsp3) is 0.474. The van der Waals surface area contributed by atoms with E-state index in [1.165, 1.54) is 25.7 Å². The van der Waals surface area contributed by atoms with Crippen molar-refractivity contribution in [2.45, 2.75) is 49.0 Å². The van der Waals surface area contributed by atoms with Crippen LogP contribution >= 0.6 is 35.3 Å². The maximum Gasteiger partial charge on any atom is 0.156 e. The number of nitriles is 1. The Labute approximate surface area is 176 Å². The predicted molar refractivity (Wildman–Crippen MR) is 113 cm³/mol. The van der Waals surface area contributed by atoms with E-state index in [1.807, 2.05) is 16.7 Å². The van der Waals surface area contributed by atoms with Crippen molar-refractivity contribution in [2.24, 2.45) is 11.3 Å². The van der Waals surface area contributed by atoms with Crippen LogP contribution in [0.1, 0.15) is 44.2 Å². The lowest BCUT2D eigenvalue weighted by molar-refractivity contribution is 0.548. The zero-order chi connectivity index (χ0) is 19.5. The Morgan fingerprint density at radius 2 is 2.07 bits per heavy atom. The van der Waals surface area contributed by atoms with Crippen LogP contribution in [0.15, 0.2) is 23.4 Å². The highest BCUT2D eigenvalue weighted by atomic mass is 35.5. The summed E-state index contributed by atoms with van der Waals surface area (Å²) < 4.78 is 5.46. The minimum absolute atomic E-state index is 0.210. The molecule has 9 heteroatoms. The second-order valence-corrected chi connectivity index (χ2v) is 10.3. The van der Waals surface area contributed by atoms with Gasteiger partial charge in [0.05, 0.1) is 28.0 Å². The minimum Gasteiger partial charge on any atom is -0.296 e. The molecule has 3 fully saturated rings. The van der Waals surface area contributed by atoms with Crippen molar-refractivity contribution in [3.8, 4) is 6.07 Å². The summed E-state index contributed by atoms with van der Waals surface area (Å²) in [6, 6.07) is 4.12. The summed E-state index contributed by atoms with van der Waals surface area (Å²) in [5.74, 6) is 0.813. The quantitative estimate of drug-likeness (QED) is 0.345. The van der Waals surface area contributed by atoms with Gasteiger partial charge in [0.1, 0.15) is 10.5 Å². The van der Waals surface area contributed by atoms with Gasteiger partial charge in [0.15, 0.2) is 5.65 Å². The van der Waals surface area contributed by atoms with Crippen molar-refractivity contribution in [1.29, 1.82) is 16.1 Å². The van der Waals surface area contributed by atoms with Crippen molar-refractivity contribution in [3.63, 3.8) is 0 Å². The fourth-order valence-corrected chi connectivity index (χ4v) is 5.79. The molecule has 5 rings (SSSR count). The Morgan fingerprint density at radius 1 is 1.32 bits per heavy atom. The van der Waals surface area contributed by atoms with E-state index in [0.717, 1.165) is 22.6 Å². The molecule has 6 nitrogen and oxygen atoms in total. The SMILES string of the molecule is N#CC1(C(=N)SC(=N)c2cnc3c(Cl)cc(SNC4(C5CC5)CC4)cn23)CC1. The number of imidazole rings is 1. The molecule has 3 N–H and O–H groups in total. The molecular weight excluding hydrogens is 412 g/mol. The highest BCUT2D eigenvalue weighted by Crippen LogP contribution is 2.55. The summed E-state index contributed by atoms with van der Waals surface area (Å²) >= 11 is 9.08. The molecule has 3 aliphatic rings. The van der Waals surface area contributed by atoms with E-state index in [0.29, 0.717) is 34.7 Å². The molecule has 0 aromatic carbocycles. The van der Waals surface area contributed by atoms with Gasteiger partial charge in [-0.2, -0.15) is 5.26 Å². The molecule has 0 radical (unpaired) electrons. The number of fused-ring (bicyclic) bond motifs is 1. The second kappa shape index (κ2) is 6.49. The van der Waals surface area contributed by atoms with Gasteiger partial charge in [-0.15, -0.1) is 0 Å². The van der Waals surface area contributed by atoms with Crippen LogP contribution in [0.3, 0.4) is 0 Å². The smallest absolute Gasteiger partial charge is 0.156 e. The first kappa shape index (κ1) is 18.5. The monoisotopic (exact) mass is 430 g/mol. The molecule has 3 aliphatic carbocycles. The number of hydrogen-bond donors (Lipinski definition) is 3. The van der Waals surface area contributed by atoms with Crippen molar-refractivity contribution in [1.82, 2.24) is 14.1 Å². The molecule has 0 spiro atoms. The number of nitrogens with one attached hydrogen (secondary N) is 3. The lowest BCUT2D eigenvalue weighted by Gasteiger charge is -2.16. The average Bonchev–Trinajstić information content (AvgIpc) is 3.54. The van der Waals surface area contributed by atoms with Crippen molar-refractivity contribution in [3.05, 3.63) is 29.2 Å². The predicted octanol–water partition coefficient (Wildman–Crippen LogP) is 4.87. The molecule has 28 heavy (non-hydrogen) atoms. The molecule has 0 unspecified atom stereocenters. The summed E-state index contributed by atoms with van der Waals surface area (Å²) in [6.07, 6.45) is 10.1. The third kappa shape index (κ3) is 3.14. The molecular formula is C19H19ClN6S2. The lowest BCUT2D eigenvalue weighted by atomic mass is 10.2. The number of halogens is 1. The van der Waals surface area contributed by atoms with Crippen molar-refractivity contribution in [2.75, 3.05) is 0 Å². The molecule has 0 aliphatic heterocycles. The standard InChI is InChI=1S/C19H19ClN6S2/c20-13-7-12(28-25-19(5-6-19)11-1-2-11)9-26-14(8-24-16(13)26)15(22)27-17(23)18(10-21)3-4-18/h7-9,11,22-23,25H,1-6H2. The van der Waals surface area contributed by atoms with Gasteiger partial charge < -0.3 is 0 Å². The minimum atomic E-state index is -0.679. The van der Waals surface area contributed by atoms with Crippen LogP contribution in [0.4, 0.5) is 0 Å². The first-order valence-corrected chi connectivity index (χ1v) is 11.4. The summed E-state index contributed by atoms with van der Waals surface area (Å²) in [4.78, 5) is 5.34. The maximum atomic E-state index is 9.27. The largest absolute Gasteiger partial charge is 0.296 e. The van der Waals surface area contributed by atoms with Gasteiger partial charge in [-0.05, 0) is 62.5 Å². The molecule has 0 saturated heterocycles. The number of nitrogens with zero attached hydrogens (tertiary/aromatic N) is 3. The number of hydrogen-bond acceptors (Lipinski definition) is 7. The topological polar surface area (TPSA) is 101 Å². The van der Waals surface area contributed by atoms with Gasteiger partial charge in [-0.3, -0.25) is 19.9 Å². The molecule has 0 bridgehead atoms. The summed E-state index contributed by atoms with van der Waals surface area (Å²) in [5, 5.41) is 26.9. The molecule has 2 aromatic heterocycles. The number of rotatable bonds is 6. The van der Waals surface area contributed by atoms with E-state index in [-0.39, 0.29) is 10.1 Å². The summed E-state index contributed by atoms with van der Waals surface area (Å²) in [7, 11) is 0. The van der Waals surface area contributed by atoms with E-state index in [2.05, 4.69) is 15.8 Å². The van der Waals surface area contributed by atoms with E-state index >= 15 is 0 Å². The Bertz CT molecular complexity index is 1040. The summed E-state index contributed by atoms with van der Waals surface area (Å²) in [6.45, 7) is 0. The molecule has 2 aromatic rings. The van der Waals surface area contributed by atoms with E-state index in [9.17, 15) is 5.26 Å². The third-order valence-corrected chi connectivity index (χ3v) is 8.14. The van der Waals surface area contributed by atoms with Crippen LogP contribution in [0.25, 0.3) is 5.65 Å². The normalized spacial score (nSPS) is 21.3. The molecule has 3 saturated carbocycles. The van der Waals surface area contributed by atoms with Crippen LogP contribution in [0.5, 0.6) is 0 Å². The van der Waals surface area contributed by atoms with Crippen LogP contribution < -0.4 is 4.72 Å². The van der Waals surface area contributed by atoms with E-state index in [1.54, 1.807) is 18.1 Å². The Morgan fingerprint density at radius 3 is 2.68 bits per heavy atom. The Kier molecular flexibility index (Phi) is 4.29. The second-order valence-electron chi connectivity index (χ2n) is 7.95. The number of pyridine rings is 1. The molecule has 0 amide bonds. The molecule has 144 valence electrons.